The third-order valence-electron chi connectivity index (χ3n) is 5.29. The molecule has 0 bridgehead atoms. The normalized spacial score (nSPS) is 14.9. The molecule has 0 amide bonds. The summed E-state index contributed by atoms with van der Waals surface area (Å²) in [6, 6.07) is 8.50. The van der Waals surface area contributed by atoms with Crippen LogP contribution in [0.3, 0.4) is 0 Å². The predicted molar refractivity (Wildman–Crippen MR) is 117 cm³/mol. The van der Waals surface area contributed by atoms with E-state index in [9.17, 15) is 4.79 Å². The van der Waals surface area contributed by atoms with Crippen LogP contribution in [-0.2, 0) is 6.54 Å². The Hall–Kier alpha value is -2.52. The minimum atomic E-state index is 0.108. The first-order chi connectivity index (χ1) is 14.6. The first-order valence-electron chi connectivity index (χ1n) is 9.88. The van der Waals surface area contributed by atoms with Gasteiger partial charge in [-0.1, -0.05) is 29.2 Å². The maximum absolute atomic E-state index is 12.9. The highest BCUT2D eigenvalue weighted by molar-refractivity contribution is 8.01. The van der Waals surface area contributed by atoms with Gasteiger partial charge in [-0.2, -0.15) is 0 Å². The van der Waals surface area contributed by atoms with E-state index in [4.69, 9.17) is 9.47 Å². The van der Waals surface area contributed by atoms with Gasteiger partial charge in [0.25, 0.3) is 0 Å². The van der Waals surface area contributed by atoms with Crippen LogP contribution >= 0.6 is 23.1 Å². The fourth-order valence-corrected chi connectivity index (χ4v) is 5.19. The predicted octanol–water partition coefficient (Wildman–Crippen LogP) is 4.28. The number of ketones is 1. The molecule has 0 spiro atoms. The summed E-state index contributed by atoms with van der Waals surface area (Å²) in [7, 11) is 0. The summed E-state index contributed by atoms with van der Waals surface area (Å²) >= 11 is 2.96. The number of nitrogens with one attached hydrogen (secondary N) is 1. The second-order valence-electron chi connectivity index (χ2n) is 7.56. The molecule has 1 saturated carbocycles. The molecule has 0 radical (unpaired) electrons. The molecule has 2 aliphatic rings. The Balaban J connectivity index is 1.25. The van der Waals surface area contributed by atoms with Crippen LogP contribution in [0.2, 0.25) is 0 Å². The molecule has 7 nitrogen and oxygen atoms in total. The molecule has 156 valence electrons. The first-order valence-corrected chi connectivity index (χ1v) is 11.7. The Morgan fingerprint density at radius 3 is 2.90 bits per heavy atom. The van der Waals surface area contributed by atoms with Crippen molar-refractivity contribution in [2.24, 2.45) is 0 Å². The summed E-state index contributed by atoms with van der Waals surface area (Å²) in [5, 5.41) is 12.5. The van der Waals surface area contributed by atoms with Crippen LogP contribution in [0.25, 0.3) is 0 Å². The maximum atomic E-state index is 12.9. The lowest BCUT2D eigenvalue weighted by Crippen LogP contribution is -2.07. The van der Waals surface area contributed by atoms with Crippen molar-refractivity contribution in [2.45, 2.75) is 43.6 Å². The number of rotatable bonds is 8. The van der Waals surface area contributed by atoms with Crippen LogP contribution < -0.4 is 14.8 Å². The molecule has 5 rings (SSSR count). The highest BCUT2D eigenvalue weighted by Crippen LogP contribution is 2.33. The van der Waals surface area contributed by atoms with Crippen LogP contribution in [0.1, 0.15) is 40.2 Å². The molecule has 30 heavy (non-hydrogen) atoms. The Bertz CT molecular complexity index is 1100. The zero-order valence-electron chi connectivity index (χ0n) is 16.8. The number of Topliss-reactive ketones (excluding diaryl/α,β-unsaturated/α-hetero) is 1. The van der Waals surface area contributed by atoms with Crippen molar-refractivity contribution in [3.8, 4) is 11.5 Å². The topological polar surface area (TPSA) is 78.3 Å². The fraction of sp³-hybridized carbons (Fsp3) is 0.381. The lowest BCUT2D eigenvalue weighted by Gasteiger charge is -2.10. The number of benzene rings is 1. The molecular formula is C21H22N4O3S2. The van der Waals surface area contributed by atoms with E-state index in [1.54, 1.807) is 0 Å². The summed E-state index contributed by atoms with van der Waals surface area (Å²) in [5.41, 5.74) is 3.91. The molecule has 9 heteroatoms. The third-order valence-corrected chi connectivity index (χ3v) is 7.28. The average Bonchev–Trinajstić information content (AvgIpc) is 3.12. The summed E-state index contributed by atoms with van der Waals surface area (Å²) in [5.74, 6) is 2.01. The lowest BCUT2D eigenvalue weighted by atomic mass is 10.1. The molecular weight excluding hydrogens is 420 g/mol. The zero-order chi connectivity index (χ0) is 20.7. The largest absolute Gasteiger partial charge is 0.454 e. The van der Waals surface area contributed by atoms with Gasteiger partial charge in [-0.05, 0) is 50.5 Å². The summed E-state index contributed by atoms with van der Waals surface area (Å²) in [6.45, 7) is 4.98. The van der Waals surface area contributed by atoms with E-state index in [1.807, 2.05) is 38.1 Å². The van der Waals surface area contributed by atoms with Gasteiger partial charge in [0.1, 0.15) is 0 Å². The molecule has 1 aliphatic heterocycles. The van der Waals surface area contributed by atoms with Gasteiger partial charge < -0.3 is 19.4 Å². The van der Waals surface area contributed by atoms with Crippen molar-refractivity contribution in [1.82, 2.24) is 14.8 Å². The molecule has 0 saturated heterocycles. The van der Waals surface area contributed by atoms with E-state index in [-0.39, 0.29) is 12.6 Å². The summed E-state index contributed by atoms with van der Waals surface area (Å²) in [6.07, 6.45) is 2.39. The monoisotopic (exact) mass is 442 g/mol. The van der Waals surface area contributed by atoms with Crippen molar-refractivity contribution < 1.29 is 14.3 Å². The molecule has 1 N–H and O–H groups in total. The van der Waals surface area contributed by atoms with E-state index in [0.717, 1.165) is 43.5 Å². The van der Waals surface area contributed by atoms with Crippen LogP contribution in [0.15, 0.2) is 28.6 Å². The van der Waals surface area contributed by atoms with Crippen molar-refractivity contribution in [2.75, 3.05) is 17.9 Å². The van der Waals surface area contributed by atoms with Crippen LogP contribution in [0, 0.1) is 13.8 Å². The smallest absolute Gasteiger partial charge is 0.231 e. The minimum Gasteiger partial charge on any atom is -0.454 e. The minimum absolute atomic E-state index is 0.108. The second-order valence-corrected chi connectivity index (χ2v) is 9.76. The maximum Gasteiger partial charge on any atom is 0.231 e. The molecule has 0 unspecified atom stereocenters. The van der Waals surface area contributed by atoms with E-state index in [0.29, 0.717) is 18.3 Å². The third kappa shape index (κ3) is 4.04. The molecule has 3 aromatic rings. The standard InChI is InChI=1S/C21H22N4O3S2/c1-12-7-16(17(26)10-29-21-24-23-20(30-21)22-15-4-5-15)13(2)25(12)9-14-3-6-18-19(8-14)28-11-27-18/h3,6-8,15H,4-5,9-11H2,1-2H3,(H,22,23). The number of thioether (sulfide) groups is 1. The molecule has 2 aromatic heterocycles. The van der Waals surface area contributed by atoms with Gasteiger partial charge in [0.2, 0.25) is 11.9 Å². The van der Waals surface area contributed by atoms with Gasteiger partial charge in [-0.15, -0.1) is 10.2 Å². The molecule has 1 aliphatic carbocycles. The number of hydrogen-bond donors (Lipinski definition) is 1. The van der Waals surface area contributed by atoms with E-state index in [2.05, 4.69) is 20.1 Å². The molecule has 1 fully saturated rings. The van der Waals surface area contributed by atoms with Crippen LogP contribution in [-0.4, -0.2) is 39.1 Å². The summed E-state index contributed by atoms with van der Waals surface area (Å²) < 4.78 is 13.8. The van der Waals surface area contributed by atoms with Crippen LogP contribution in [0.5, 0.6) is 11.5 Å². The number of fused-ring (bicyclic) bond motifs is 1. The second kappa shape index (κ2) is 7.96. The lowest BCUT2D eigenvalue weighted by molar-refractivity contribution is 0.102. The first kappa shape index (κ1) is 19.4. The number of anilines is 1. The highest BCUT2D eigenvalue weighted by Gasteiger charge is 2.23. The molecule has 0 atom stereocenters. The van der Waals surface area contributed by atoms with Crippen molar-refractivity contribution in [1.29, 1.82) is 0 Å². The van der Waals surface area contributed by atoms with Crippen molar-refractivity contribution in [3.63, 3.8) is 0 Å². The van der Waals surface area contributed by atoms with Gasteiger partial charge in [-0.3, -0.25) is 4.79 Å². The average molecular weight is 443 g/mol. The SMILES string of the molecule is Cc1cc(C(=O)CSc2nnc(NC3CC3)s2)c(C)n1Cc1ccc2c(c1)OCO2. The van der Waals surface area contributed by atoms with Gasteiger partial charge in [-0.25, -0.2) is 0 Å². The number of carbonyl (C=O) groups is 1. The van der Waals surface area contributed by atoms with Gasteiger partial charge in [0.05, 0.1) is 5.75 Å². The van der Waals surface area contributed by atoms with E-state index in [1.165, 1.54) is 35.9 Å². The fourth-order valence-electron chi connectivity index (χ4n) is 3.48. The number of carbonyl (C=O) groups excluding carboxylic acids is 1. The number of ether oxygens (including phenoxy) is 2. The van der Waals surface area contributed by atoms with Crippen molar-refractivity contribution >= 4 is 34.0 Å². The van der Waals surface area contributed by atoms with E-state index >= 15 is 0 Å². The Kier molecular flexibility index (Phi) is 5.16. The number of aromatic nitrogens is 3. The van der Waals surface area contributed by atoms with Gasteiger partial charge in [0, 0.05) is 29.5 Å². The van der Waals surface area contributed by atoms with Gasteiger partial charge >= 0.3 is 0 Å². The number of aryl methyl sites for hydroxylation is 1. The molecule has 3 heterocycles. The zero-order valence-corrected chi connectivity index (χ0v) is 18.4. The Morgan fingerprint density at radius 1 is 1.23 bits per heavy atom. The van der Waals surface area contributed by atoms with E-state index < -0.39 is 0 Å². The number of hydrogen-bond acceptors (Lipinski definition) is 8. The summed E-state index contributed by atoms with van der Waals surface area (Å²) in [4.78, 5) is 12.9. The van der Waals surface area contributed by atoms with Crippen molar-refractivity contribution in [3.05, 3.63) is 46.8 Å². The number of nitrogens with zero attached hydrogens (tertiary/aromatic N) is 3. The quantitative estimate of drug-likeness (QED) is 0.412. The molecule has 1 aromatic carbocycles. The van der Waals surface area contributed by atoms with Crippen LogP contribution in [0.4, 0.5) is 5.13 Å². The highest BCUT2D eigenvalue weighted by atomic mass is 32.2. The Morgan fingerprint density at radius 2 is 2.07 bits per heavy atom. The van der Waals surface area contributed by atoms with Gasteiger partial charge in [0.15, 0.2) is 21.6 Å². The Labute approximate surface area is 182 Å².